The van der Waals surface area contributed by atoms with Crippen LogP contribution in [0.15, 0.2) is 47.6 Å². The molecule has 4 nitrogen and oxygen atoms in total. The Bertz CT molecular complexity index is 902. The Morgan fingerprint density at radius 1 is 1.20 bits per heavy atom. The average Bonchev–Trinajstić information content (AvgIpc) is 2.61. The first kappa shape index (κ1) is 16.0. The van der Waals surface area contributed by atoms with Crippen molar-refractivity contribution in [3.05, 3.63) is 64.2 Å². The molecular weight excluding hydrogens is 336 g/mol. The third kappa shape index (κ3) is 2.87. The number of hydrogen-bond acceptors (Lipinski definition) is 3. The molecule has 1 unspecified atom stereocenters. The Labute approximate surface area is 151 Å². The summed E-state index contributed by atoms with van der Waals surface area (Å²) in [6, 6.07) is 12.9. The number of aryl methyl sites for hydroxylation is 1. The van der Waals surface area contributed by atoms with E-state index in [4.69, 9.17) is 11.6 Å². The minimum absolute atomic E-state index is 0.0118. The lowest BCUT2D eigenvalue weighted by atomic mass is 9.79. The van der Waals surface area contributed by atoms with Gasteiger partial charge in [-0.3, -0.25) is 9.59 Å². The maximum Gasteiger partial charge on any atom is 0.248 e. The van der Waals surface area contributed by atoms with E-state index in [0.717, 1.165) is 24.1 Å². The summed E-state index contributed by atoms with van der Waals surface area (Å²) in [5, 5.41) is 6.75. The molecule has 2 aromatic carbocycles. The van der Waals surface area contributed by atoms with E-state index < -0.39 is 0 Å². The zero-order valence-electron chi connectivity index (χ0n) is 13.8. The number of Topliss-reactive ketones (excluding diaryl/α,β-unsaturated/α-hetero) is 1. The van der Waals surface area contributed by atoms with Crippen LogP contribution in [0.3, 0.4) is 0 Å². The number of rotatable bonds is 2. The highest BCUT2D eigenvalue weighted by molar-refractivity contribution is 6.30. The quantitative estimate of drug-likeness (QED) is 0.759. The summed E-state index contributed by atoms with van der Waals surface area (Å²) in [5.74, 6) is 0.139. The summed E-state index contributed by atoms with van der Waals surface area (Å²) in [5.41, 5.74) is 4.46. The fourth-order valence-corrected chi connectivity index (χ4v) is 3.64. The van der Waals surface area contributed by atoms with Gasteiger partial charge in [-0.2, -0.15) is 5.10 Å². The predicted octanol–water partition coefficient (Wildman–Crippen LogP) is 4.25. The standard InChI is InChI=1S/C20H17ClN2O2/c1-12(24)14-4-2-13-3-5-15-11-19(25)23(22-20(15)18(13)10-14)17-8-6-16(21)7-9-17/h2,4,6-10,15H,3,5,11H2,1H3. The van der Waals surface area contributed by atoms with Gasteiger partial charge in [0.05, 0.1) is 11.4 Å². The van der Waals surface area contributed by atoms with Crippen molar-refractivity contribution in [3.8, 4) is 0 Å². The van der Waals surface area contributed by atoms with Crippen molar-refractivity contribution in [1.29, 1.82) is 0 Å². The number of anilines is 1. The molecule has 0 saturated heterocycles. The van der Waals surface area contributed by atoms with Crippen LogP contribution in [-0.2, 0) is 11.2 Å². The third-order valence-electron chi connectivity index (χ3n) is 4.88. The number of ketones is 1. The van der Waals surface area contributed by atoms with E-state index in [-0.39, 0.29) is 17.6 Å². The third-order valence-corrected chi connectivity index (χ3v) is 5.13. The van der Waals surface area contributed by atoms with Gasteiger partial charge in [0.1, 0.15) is 0 Å². The molecule has 0 fully saturated rings. The number of benzene rings is 2. The van der Waals surface area contributed by atoms with Gasteiger partial charge >= 0.3 is 0 Å². The van der Waals surface area contributed by atoms with Crippen LogP contribution in [-0.4, -0.2) is 17.4 Å². The van der Waals surface area contributed by atoms with Crippen LogP contribution >= 0.6 is 11.6 Å². The van der Waals surface area contributed by atoms with Gasteiger partial charge in [0, 0.05) is 28.5 Å². The summed E-state index contributed by atoms with van der Waals surface area (Å²) in [6.07, 6.45) is 2.25. The lowest BCUT2D eigenvalue weighted by molar-refractivity contribution is -0.119. The molecule has 5 heteroatoms. The molecule has 25 heavy (non-hydrogen) atoms. The fraction of sp³-hybridized carbons (Fsp3) is 0.250. The summed E-state index contributed by atoms with van der Waals surface area (Å²) < 4.78 is 0. The number of hydrogen-bond donors (Lipinski definition) is 0. The minimum atomic E-state index is -0.0118. The lowest BCUT2D eigenvalue weighted by Crippen LogP contribution is -2.39. The number of hydrazone groups is 1. The molecule has 0 saturated carbocycles. The van der Waals surface area contributed by atoms with Crippen LogP contribution < -0.4 is 5.01 Å². The van der Waals surface area contributed by atoms with Gasteiger partial charge in [-0.15, -0.1) is 0 Å². The van der Waals surface area contributed by atoms with Crippen molar-refractivity contribution < 1.29 is 9.59 Å². The van der Waals surface area contributed by atoms with Crippen molar-refractivity contribution in [2.45, 2.75) is 26.2 Å². The van der Waals surface area contributed by atoms with Gasteiger partial charge in [-0.05, 0) is 55.7 Å². The second kappa shape index (κ2) is 6.12. The zero-order chi connectivity index (χ0) is 17.6. The molecule has 0 radical (unpaired) electrons. The average molecular weight is 353 g/mol. The van der Waals surface area contributed by atoms with Gasteiger partial charge in [0.2, 0.25) is 5.91 Å². The molecule has 1 atom stereocenters. The van der Waals surface area contributed by atoms with Gasteiger partial charge in [-0.25, -0.2) is 5.01 Å². The smallest absolute Gasteiger partial charge is 0.248 e. The molecule has 2 aliphatic rings. The van der Waals surface area contributed by atoms with Crippen molar-refractivity contribution >= 4 is 34.7 Å². The highest BCUT2D eigenvalue weighted by Gasteiger charge is 2.34. The van der Waals surface area contributed by atoms with Crippen LogP contribution in [0.25, 0.3) is 0 Å². The number of halogens is 1. The van der Waals surface area contributed by atoms with Crippen LogP contribution in [0.4, 0.5) is 5.69 Å². The Morgan fingerprint density at radius 2 is 1.96 bits per heavy atom. The molecule has 0 bridgehead atoms. The van der Waals surface area contributed by atoms with E-state index in [1.54, 1.807) is 31.2 Å². The first-order valence-electron chi connectivity index (χ1n) is 8.34. The van der Waals surface area contributed by atoms with E-state index in [9.17, 15) is 9.59 Å². The molecule has 2 aromatic rings. The number of fused-ring (bicyclic) bond motifs is 3. The monoisotopic (exact) mass is 352 g/mol. The number of carbonyl (C=O) groups is 2. The highest BCUT2D eigenvalue weighted by Crippen LogP contribution is 2.34. The Balaban J connectivity index is 1.81. The van der Waals surface area contributed by atoms with Gasteiger partial charge in [0.25, 0.3) is 0 Å². The minimum Gasteiger partial charge on any atom is -0.295 e. The van der Waals surface area contributed by atoms with Crippen molar-refractivity contribution in [2.24, 2.45) is 11.0 Å². The van der Waals surface area contributed by atoms with Gasteiger partial charge in [0.15, 0.2) is 5.78 Å². The molecule has 1 aliphatic carbocycles. The summed E-state index contributed by atoms with van der Waals surface area (Å²) in [7, 11) is 0. The highest BCUT2D eigenvalue weighted by atomic mass is 35.5. The van der Waals surface area contributed by atoms with E-state index in [2.05, 4.69) is 5.10 Å². The maximum absolute atomic E-state index is 12.6. The van der Waals surface area contributed by atoms with Crippen molar-refractivity contribution in [2.75, 3.05) is 5.01 Å². The second-order valence-electron chi connectivity index (χ2n) is 6.54. The van der Waals surface area contributed by atoms with Crippen molar-refractivity contribution in [3.63, 3.8) is 0 Å². The Morgan fingerprint density at radius 3 is 2.68 bits per heavy atom. The Kier molecular flexibility index (Phi) is 3.92. The van der Waals surface area contributed by atoms with Crippen LogP contribution in [0, 0.1) is 5.92 Å². The SMILES string of the molecule is CC(=O)c1ccc2c(c1)C1=NN(c3ccc(Cl)cc3)C(=O)CC1CC2. The molecule has 1 aliphatic heterocycles. The fourth-order valence-electron chi connectivity index (χ4n) is 3.52. The maximum atomic E-state index is 12.6. The first-order chi connectivity index (χ1) is 12.0. The van der Waals surface area contributed by atoms with Crippen LogP contribution in [0.2, 0.25) is 5.02 Å². The van der Waals surface area contributed by atoms with Gasteiger partial charge in [-0.1, -0.05) is 23.7 Å². The van der Waals surface area contributed by atoms with Crippen LogP contribution in [0.1, 0.15) is 41.3 Å². The molecule has 126 valence electrons. The van der Waals surface area contributed by atoms with E-state index in [1.807, 2.05) is 18.2 Å². The largest absolute Gasteiger partial charge is 0.295 e. The molecule has 0 spiro atoms. The number of nitrogens with zero attached hydrogens (tertiary/aromatic N) is 2. The molecule has 1 amide bonds. The first-order valence-corrected chi connectivity index (χ1v) is 8.72. The summed E-state index contributed by atoms with van der Waals surface area (Å²) >= 11 is 5.94. The predicted molar refractivity (Wildman–Crippen MR) is 98.3 cm³/mol. The van der Waals surface area contributed by atoms with E-state index in [1.165, 1.54) is 10.6 Å². The van der Waals surface area contributed by atoms with E-state index in [0.29, 0.717) is 22.7 Å². The molecule has 0 N–H and O–H groups in total. The zero-order valence-corrected chi connectivity index (χ0v) is 14.6. The normalized spacial score (nSPS) is 19.1. The topological polar surface area (TPSA) is 49.7 Å². The van der Waals surface area contributed by atoms with Crippen molar-refractivity contribution in [1.82, 2.24) is 0 Å². The van der Waals surface area contributed by atoms with E-state index >= 15 is 0 Å². The second-order valence-corrected chi connectivity index (χ2v) is 6.97. The molecular formula is C20H17ClN2O2. The lowest BCUT2D eigenvalue weighted by Gasteiger charge is -2.33. The molecule has 1 heterocycles. The summed E-state index contributed by atoms with van der Waals surface area (Å²) in [6.45, 7) is 1.56. The van der Waals surface area contributed by atoms with Crippen LogP contribution in [0.5, 0.6) is 0 Å². The molecule has 4 rings (SSSR count). The molecule has 0 aromatic heterocycles. The number of carbonyl (C=O) groups excluding carboxylic acids is 2. The van der Waals surface area contributed by atoms with Gasteiger partial charge < -0.3 is 0 Å². The summed E-state index contributed by atoms with van der Waals surface area (Å²) in [4.78, 5) is 24.3. The number of amides is 1. The Hall–Kier alpha value is -2.46.